The van der Waals surface area contributed by atoms with Gasteiger partial charge in [-0.05, 0) is 19.9 Å². The lowest BCUT2D eigenvalue weighted by molar-refractivity contribution is 0.190. The number of hydrogen-bond acceptors (Lipinski definition) is 6. The van der Waals surface area contributed by atoms with Crippen LogP contribution in [-0.2, 0) is 20.0 Å². The van der Waals surface area contributed by atoms with Gasteiger partial charge in [-0.15, -0.1) is 10.2 Å². The quantitative estimate of drug-likeness (QED) is 0.683. The van der Waals surface area contributed by atoms with Crippen LogP contribution in [-0.4, -0.2) is 48.9 Å². The van der Waals surface area contributed by atoms with Gasteiger partial charge in [0.05, 0.1) is 0 Å². The summed E-state index contributed by atoms with van der Waals surface area (Å²) in [5, 5.41) is 14.7. The van der Waals surface area contributed by atoms with Crippen molar-refractivity contribution in [3.8, 4) is 11.4 Å². The molecule has 1 aromatic carbocycles. The van der Waals surface area contributed by atoms with E-state index in [1.165, 1.54) is 0 Å². The molecule has 27 heavy (non-hydrogen) atoms. The second-order valence-corrected chi connectivity index (χ2v) is 6.24. The number of aromatic nitrogens is 5. The fourth-order valence-electron chi connectivity index (χ4n) is 2.64. The Bertz CT molecular complexity index is 903. The molecule has 0 aliphatic heterocycles. The molecule has 2 amide bonds. The predicted octanol–water partition coefficient (Wildman–Crippen LogP) is 1.95. The summed E-state index contributed by atoms with van der Waals surface area (Å²) in [6.45, 7) is 5.16. The molecule has 0 spiro atoms. The molecule has 3 aromatic rings. The van der Waals surface area contributed by atoms with Gasteiger partial charge < -0.3 is 19.3 Å². The molecule has 0 saturated carbocycles. The van der Waals surface area contributed by atoms with Crippen molar-refractivity contribution in [1.82, 2.24) is 35.1 Å². The summed E-state index contributed by atoms with van der Waals surface area (Å²) >= 11 is 0. The second kappa shape index (κ2) is 8.43. The van der Waals surface area contributed by atoms with Gasteiger partial charge in [-0.1, -0.05) is 28.9 Å². The molecule has 0 atom stereocenters. The van der Waals surface area contributed by atoms with E-state index in [1.807, 2.05) is 49.7 Å². The van der Waals surface area contributed by atoms with Gasteiger partial charge in [0.25, 0.3) is 0 Å². The third-order valence-corrected chi connectivity index (χ3v) is 4.17. The summed E-state index contributed by atoms with van der Waals surface area (Å²) in [5.74, 6) is 1.74. The Morgan fingerprint density at radius 1 is 1.37 bits per heavy atom. The highest BCUT2D eigenvalue weighted by Gasteiger charge is 2.16. The zero-order chi connectivity index (χ0) is 19.2. The van der Waals surface area contributed by atoms with Crippen molar-refractivity contribution in [1.29, 1.82) is 0 Å². The van der Waals surface area contributed by atoms with Crippen molar-refractivity contribution >= 4 is 6.03 Å². The Hall–Kier alpha value is -3.23. The Kier molecular flexibility index (Phi) is 5.80. The molecule has 0 saturated heterocycles. The Labute approximate surface area is 157 Å². The van der Waals surface area contributed by atoms with Crippen LogP contribution < -0.4 is 5.32 Å². The smallest absolute Gasteiger partial charge is 0.317 e. The molecule has 9 nitrogen and oxygen atoms in total. The number of hydrogen-bond donors (Lipinski definition) is 1. The zero-order valence-corrected chi connectivity index (χ0v) is 15.7. The average molecular weight is 369 g/mol. The molecule has 0 aliphatic rings. The highest BCUT2D eigenvalue weighted by molar-refractivity contribution is 5.74. The summed E-state index contributed by atoms with van der Waals surface area (Å²) in [5.41, 5.74) is 2.01. The van der Waals surface area contributed by atoms with Gasteiger partial charge >= 0.3 is 6.03 Å². The minimum Gasteiger partial charge on any atom is -0.338 e. The molecule has 2 heterocycles. The van der Waals surface area contributed by atoms with Gasteiger partial charge in [0.2, 0.25) is 11.7 Å². The van der Waals surface area contributed by atoms with Crippen molar-refractivity contribution in [2.45, 2.75) is 26.8 Å². The molecular formula is C18H23N7O2. The monoisotopic (exact) mass is 369 g/mol. The summed E-state index contributed by atoms with van der Waals surface area (Å²) in [6.07, 6.45) is 2.24. The SMILES string of the molecule is CCN(Cc1nc(-c2cccc(C)c2)no1)C(=O)NCCc1nncn1C. The maximum Gasteiger partial charge on any atom is 0.317 e. The Balaban J connectivity index is 1.56. The highest BCUT2D eigenvalue weighted by Crippen LogP contribution is 2.17. The third kappa shape index (κ3) is 4.69. The first-order chi connectivity index (χ1) is 13.1. The number of amides is 2. The van der Waals surface area contributed by atoms with Gasteiger partial charge in [-0.2, -0.15) is 4.98 Å². The number of nitrogens with one attached hydrogen (secondary N) is 1. The molecular weight excluding hydrogens is 346 g/mol. The standard InChI is InChI=1S/C18H23N7O2/c1-4-25(18(26)19-9-8-15-22-20-12-24(15)3)11-16-21-17(23-27-16)14-7-5-6-13(2)10-14/h5-7,10,12H,4,8-9,11H2,1-3H3,(H,19,26). The first-order valence-electron chi connectivity index (χ1n) is 8.82. The first-order valence-corrected chi connectivity index (χ1v) is 8.82. The summed E-state index contributed by atoms with van der Waals surface area (Å²) in [7, 11) is 1.87. The van der Waals surface area contributed by atoms with Crippen LogP contribution in [0, 0.1) is 6.92 Å². The molecule has 2 aromatic heterocycles. The minimum absolute atomic E-state index is 0.185. The third-order valence-electron chi connectivity index (χ3n) is 4.17. The van der Waals surface area contributed by atoms with E-state index in [0.717, 1.165) is 17.0 Å². The van der Waals surface area contributed by atoms with E-state index >= 15 is 0 Å². The van der Waals surface area contributed by atoms with Crippen molar-refractivity contribution in [2.75, 3.05) is 13.1 Å². The molecule has 0 unspecified atom stereocenters. The summed E-state index contributed by atoms with van der Waals surface area (Å²) < 4.78 is 7.14. The lowest BCUT2D eigenvalue weighted by Gasteiger charge is -2.19. The fourth-order valence-corrected chi connectivity index (χ4v) is 2.64. The normalized spacial score (nSPS) is 10.8. The van der Waals surface area contributed by atoms with Gasteiger partial charge in [0.15, 0.2) is 0 Å². The molecule has 1 N–H and O–H groups in total. The van der Waals surface area contributed by atoms with Gasteiger partial charge in [0.1, 0.15) is 18.7 Å². The average Bonchev–Trinajstić information content (AvgIpc) is 3.29. The molecule has 0 radical (unpaired) electrons. The maximum absolute atomic E-state index is 12.4. The molecule has 3 rings (SSSR count). The second-order valence-electron chi connectivity index (χ2n) is 6.24. The first kappa shape index (κ1) is 18.6. The predicted molar refractivity (Wildman–Crippen MR) is 98.7 cm³/mol. The van der Waals surface area contributed by atoms with Gasteiger partial charge in [0, 0.05) is 32.1 Å². The number of carbonyl (C=O) groups is 1. The van der Waals surface area contributed by atoms with Crippen molar-refractivity contribution in [3.63, 3.8) is 0 Å². The van der Waals surface area contributed by atoms with Gasteiger partial charge in [-0.3, -0.25) is 0 Å². The van der Waals surface area contributed by atoms with Crippen LogP contribution in [0.3, 0.4) is 0 Å². The lowest BCUT2D eigenvalue weighted by atomic mass is 10.1. The van der Waals surface area contributed by atoms with Gasteiger partial charge in [-0.25, -0.2) is 4.79 Å². The number of aryl methyl sites for hydroxylation is 2. The van der Waals surface area contributed by atoms with Crippen molar-refractivity contribution in [2.24, 2.45) is 7.05 Å². The lowest BCUT2D eigenvalue weighted by Crippen LogP contribution is -2.40. The maximum atomic E-state index is 12.4. The van der Waals surface area contributed by atoms with Crippen LogP contribution in [0.25, 0.3) is 11.4 Å². The number of urea groups is 1. The highest BCUT2D eigenvalue weighted by atomic mass is 16.5. The van der Waals surface area contributed by atoms with E-state index in [0.29, 0.717) is 31.2 Å². The molecule has 0 fully saturated rings. The molecule has 0 aliphatic carbocycles. The Morgan fingerprint density at radius 2 is 2.22 bits per heavy atom. The van der Waals surface area contributed by atoms with E-state index in [1.54, 1.807) is 11.2 Å². The van der Waals surface area contributed by atoms with E-state index in [9.17, 15) is 4.79 Å². The summed E-state index contributed by atoms with van der Waals surface area (Å²) in [6, 6.07) is 7.69. The molecule has 0 bridgehead atoms. The summed E-state index contributed by atoms with van der Waals surface area (Å²) in [4.78, 5) is 18.4. The van der Waals surface area contributed by atoms with Crippen molar-refractivity contribution < 1.29 is 9.32 Å². The number of benzene rings is 1. The molecule has 9 heteroatoms. The van der Waals surface area contributed by atoms with Crippen molar-refractivity contribution in [3.05, 3.63) is 47.9 Å². The van der Waals surface area contributed by atoms with Crippen LogP contribution in [0.4, 0.5) is 4.79 Å². The van der Waals surface area contributed by atoms with Crippen LogP contribution in [0.2, 0.25) is 0 Å². The van der Waals surface area contributed by atoms with Crippen LogP contribution in [0.15, 0.2) is 35.1 Å². The number of nitrogens with zero attached hydrogens (tertiary/aromatic N) is 6. The van der Waals surface area contributed by atoms with E-state index in [2.05, 4.69) is 25.7 Å². The van der Waals surface area contributed by atoms with E-state index in [4.69, 9.17) is 4.52 Å². The van der Waals surface area contributed by atoms with E-state index < -0.39 is 0 Å². The molecule has 142 valence electrons. The van der Waals surface area contributed by atoms with E-state index in [-0.39, 0.29) is 12.6 Å². The number of rotatable bonds is 7. The largest absolute Gasteiger partial charge is 0.338 e. The zero-order valence-electron chi connectivity index (χ0n) is 15.7. The fraction of sp³-hybridized carbons (Fsp3) is 0.389. The minimum atomic E-state index is -0.185. The van der Waals surface area contributed by atoms with Crippen LogP contribution >= 0.6 is 0 Å². The Morgan fingerprint density at radius 3 is 2.93 bits per heavy atom. The number of carbonyl (C=O) groups excluding carboxylic acids is 1. The van der Waals surface area contributed by atoms with Crippen LogP contribution in [0.1, 0.15) is 24.2 Å². The van der Waals surface area contributed by atoms with Crippen LogP contribution in [0.5, 0.6) is 0 Å². The topological polar surface area (TPSA) is 102 Å².